The molecule has 0 aliphatic heterocycles. The quantitative estimate of drug-likeness (QED) is 0.346. The number of allylic oxidation sites excluding steroid dienone is 1. The van der Waals surface area contributed by atoms with Crippen LogP contribution in [0, 0.1) is 19.7 Å². The van der Waals surface area contributed by atoms with Crippen molar-refractivity contribution in [1.29, 1.82) is 0 Å². The van der Waals surface area contributed by atoms with Gasteiger partial charge in [-0.05, 0) is 38.5 Å². The smallest absolute Gasteiger partial charge is 0.200 e. The maximum absolute atomic E-state index is 14.0. The number of H-pyrrole nitrogens is 1. The van der Waals surface area contributed by atoms with Crippen molar-refractivity contribution >= 4 is 28.6 Å². The maximum atomic E-state index is 14.0. The minimum atomic E-state index is -0.453. The zero-order valence-corrected chi connectivity index (χ0v) is 20.7. The number of hydrogen-bond donors (Lipinski definition) is 2. The summed E-state index contributed by atoms with van der Waals surface area (Å²) in [7, 11) is 3.28. The lowest BCUT2D eigenvalue weighted by Gasteiger charge is -2.10. The Balaban J connectivity index is 0.000000223. The molecule has 2 N–H and O–H groups in total. The van der Waals surface area contributed by atoms with Crippen LogP contribution in [0.1, 0.15) is 34.2 Å². The Hall–Kier alpha value is -4.53. The van der Waals surface area contributed by atoms with Crippen molar-refractivity contribution in [2.24, 2.45) is 0 Å². The standard InChI is InChI=1S/C16H14FN3O2.C11H13NO2/c1-18-10-3-4-14(12(17)7-10)22-15-5-6-19-13-8-11(21-2)9-20-16(13)15;1-6(2)10-8(4)12-7(3)9(5-13)11(10)14/h3-9,18H,1-2H3;5H,1H2,2-4H3,(H,12,14). The van der Waals surface area contributed by atoms with E-state index in [0.29, 0.717) is 51.3 Å². The van der Waals surface area contributed by atoms with Crippen molar-refractivity contribution in [1.82, 2.24) is 15.0 Å². The van der Waals surface area contributed by atoms with Crippen LogP contribution in [-0.2, 0) is 0 Å². The molecule has 0 unspecified atom stereocenters. The van der Waals surface area contributed by atoms with Crippen LogP contribution in [0.25, 0.3) is 16.6 Å². The first-order valence-corrected chi connectivity index (χ1v) is 11.0. The molecule has 0 aliphatic rings. The van der Waals surface area contributed by atoms with E-state index in [9.17, 15) is 14.0 Å². The predicted molar refractivity (Wildman–Crippen MR) is 139 cm³/mol. The molecular formula is C27H27FN4O4. The van der Waals surface area contributed by atoms with Gasteiger partial charge in [0.05, 0.1) is 24.4 Å². The molecular weight excluding hydrogens is 463 g/mol. The van der Waals surface area contributed by atoms with Gasteiger partial charge in [0.2, 0.25) is 0 Å². The lowest BCUT2D eigenvalue weighted by molar-refractivity contribution is 0.112. The fourth-order valence-corrected chi connectivity index (χ4v) is 3.58. The number of methoxy groups -OCH3 is 1. The van der Waals surface area contributed by atoms with Crippen LogP contribution < -0.4 is 20.2 Å². The summed E-state index contributed by atoms with van der Waals surface area (Å²) >= 11 is 0. The van der Waals surface area contributed by atoms with E-state index in [2.05, 4.69) is 26.8 Å². The van der Waals surface area contributed by atoms with Crippen LogP contribution in [0.2, 0.25) is 0 Å². The lowest BCUT2D eigenvalue weighted by Crippen LogP contribution is -2.18. The molecule has 4 aromatic rings. The van der Waals surface area contributed by atoms with Gasteiger partial charge in [-0.2, -0.15) is 0 Å². The summed E-state index contributed by atoms with van der Waals surface area (Å²) in [6.45, 7) is 8.97. The van der Waals surface area contributed by atoms with Crippen LogP contribution in [0.3, 0.4) is 0 Å². The first-order chi connectivity index (χ1) is 17.2. The molecule has 0 aliphatic carbocycles. The van der Waals surface area contributed by atoms with Gasteiger partial charge in [0.25, 0.3) is 0 Å². The van der Waals surface area contributed by atoms with E-state index in [4.69, 9.17) is 9.47 Å². The Kier molecular flexibility index (Phi) is 8.16. The normalized spacial score (nSPS) is 10.3. The van der Waals surface area contributed by atoms with E-state index < -0.39 is 5.82 Å². The Morgan fingerprint density at radius 3 is 2.50 bits per heavy atom. The second-order valence-corrected chi connectivity index (χ2v) is 7.94. The molecule has 0 spiro atoms. The molecule has 0 fully saturated rings. The lowest BCUT2D eigenvalue weighted by atomic mass is 10.0. The summed E-state index contributed by atoms with van der Waals surface area (Å²) in [4.78, 5) is 33.9. The van der Waals surface area contributed by atoms with Gasteiger partial charge in [-0.25, -0.2) is 9.37 Å². The van der Waals surface area contributed by atoms with Gasteiger partial charge in [0, 0.05) is 54.1 Å². The van der Waals surface area contributed by atoms with Gasteiger partial charge in [-0.1, -0.05) is 6.58 Å². The van der Waals surface area contributed by atoms with Crippen LogP contribution in [0.4, 0.5) is 10.1 Å². The van der Waals surface area contributed by atoms with Crippen LogP contribution in [0.5, 0.6) is 17.2 Å². The van der Waals surface area contributed by atoms with Gasteiger partial charge in [-0.15, -0.1) is 0 Å². The molecule has 0 radical (unpaired) electrons. The van der Waals surface area contributed by atoms with E-state index in [1.54, 1.807) is 71.6 Å². The van der Waals surface area contributed by atoms with Crippen molar-refractivity contribution in [2.75, 3.05) is 19.5 Å². The molecule has 0 saturated heterocycles. The maximum Gasteiger partial charge on any atom is 0.200 e. The number of carbonyl (C=O) groups excluding carboxylic acids is 1. The van der Waals surface area contributed by atoms with Crippen LogP contribution in [0.15, 0.2) is 54.1 Å². The number of aromatic nitrogens is 3. The van der Waals surface area contributed by atoms with Crippen molar-refractivity contribution < 1.29 is 18.7 Å². The van der Waals surface area contributed by atoms with Gasteiger partial charge < -0.3 is 19.8 Å². The number of anilines is 1. The summed E-state index contributed by atoms with van der Waals surface area (Å²) in [5, 5.41) is 2.87. The Morgan fingerprint density at radius 1 is 1.14 bits per heavy atom. The predicted octanol–water partition coefficient (Wildman–Crippen LogP) is 5.45. The number of aldehydes is 1. The molecule has 3 aromatic heterocycles. The first-order valence-electron chi connectivity index (χ1n) is 11.0. The molecule has 8 nitrogen and oxygen atoms in total. The number of hydrogen-bond acceptors (Lipinski definition) is 7. The number of benzene rings is 1. The number of aryl methyl sites for hydroxylation is 2. The highest BCUT2D eigenvalue weighted by Crippen LogP contribution is 2.31. The third kappa shape index (κ3) is 5.57. The molecule has 3 heterocycles. The number of ether oxygens (including phenoxy) is 2. The first kappa shape index (κ1) is 26.1. The molecule has 9 heteroatoms. The molecule has 0 bridgehead atoms. The summed E-state index contributed by atoms with van der Waals surface area (Å²) in [6, 6.07) is 8.06. The SMILES string of the molecule is C=C(C)c1c(C)[nH]c(C)c(C=O)c1=O.CNc1ccc(Oc2ccnc3cc(OC)cnc23)c(F)c1. The van der Waals surface area contributed by atoms with Crippen LogP contribution in [-0.4, -0.2) is 35.4 Å². The summed E-state index contributed by atoms with van der Waals surface area (Å²) in [6.07, 6.45) is 3.73. The number of nitrogens with zero attached hydrogens (tertiary/aromatic N) is 2. The summed E-state index contributed by atoms with van der Waals surface area (Å²) in [5.74, 6) is 0.708. The third-order valence-electron chi connectivity index (χ3n) is 5.36. The van der Waals surface area contributed by atoms with Gasteiger partial charge in [-0.3, -0.25) is 14.6 Å². The van der Waals surface area contributed by atoms with E-state index in [1.165, 1.54) is 6.07 Å². The number of pyridine rings is 3. The summed E-state index contributed by atoms with van der Waals surface area (Å²) < 4.78 is 24.8. The second kappa shape index (κ2) is 11.3. The average molecular weight is 491 g/mol. The number of halogens is 1. The van der Waals surface area contributed by atoms with E-state index in [1.807, 2.05) is 0 Å². The molecule has 0 atom stereocenters. The minimum Gasteiger partial charge on any atom is -0.495 e. The number of nitrogens with one attached hydrogen (secondary N) is 2. The molecule has 186 valence electrons. The molecule has 1 aromatic carbocycles. The van der Waals surface area contributed by atoms with Crippen molar-refractivity contribution in [3.63, 3.8) is 0 Å². The fraction of sp³-hybridized carbons (Fsp3) is 0.185. The molecule has 4 rings (SSSR count). The Morgan fingerprint density at radius 2 is 1.89 bits per heavy atom. The largest absolute Gasteiger partial charge is 0.495 e. The molecule has 0 saturated carbocycles. The van der Waals surface area contributed by atoms with E-state index in [-0.39, 0.29) is 16.7 Å². The topological polar surface area (TPSA) is 106 Å². The number of carbonyl (C=O) groups is 1. The van der Waals surface area contributed by atoms with Crippen molar-refractivity contribution in [3.8, 4) is 17.2 Å². The van der Waals surface area contributed by atoms with E-state index in [0.717, 1.165) is 5.69 Å². The monoisotopic (exact) mass is 490 g/mol. The fourth-order valence-electron chi connectivity index (χ4n) is 3.58. The van der Waals surface area contributed by atoms with Gasteiger partial charge in [0.1, 0.15) is 11.3 Å². The van der Waals surface area contributed by atoms with E-state index >= 15 is 0 Å². The highest BCUT2D eigenvalue weighted by Gasteiger charge is 2.12. The van der Waals surface area contributed by atoms with Gasteiger partial charge >= 0.3 is 0 Å². The molecule has 36 heavy (non-hydrogen) atoms. The highest BCUT2D eigenvalue weighted by molar-refractivity contribution is 5.82. The zero-order valence-electron chi connectivity index (χ0n) is 20.7. The Labute approximate surface area is 207 Å². The average Bonchev–Trinajstić information content (AvgIpc) is 2.85. The molecule has 0 amide bonds. The number of aromatic amines is 1. The second-order valence-electron chi connectivity index (χ2n) is 7.94. The van der Waals surface area contributed by atoms with Crippen molar-refractivity contribution in [3.05, 3.63) is 87.9 Å². The number of rotatable bonds is 6. The highest BCUT2D eigenvalue weighted by atomic mass is 19.1. The summed E-state index contributed by atoms with van der Waals surface area (Å²) in [5.41, 5.74) is 4.33. The number of fused-ring (bicyclic) bond motifs is 1. The van der Waals surface area contributed by atoms with Crippen LogP contribution >= 0.6 is 0 Å². The third-order valence-corrected chi connectivity index (χ3v) is 5.36. The zero-order chi connectivity index (χ0) is 26.4. The minimum absolute atomic E-state index is 0.129. The van der Waals surface area contributed by atoms with Gasteiger partial charge in [0.15, 0.2) is 29.0 Å². The Bertz CT molecular complexity index is 1500. The van der Waals surface area contributed by atoms with Crippen molar-refractivity contribution in [2.45, 2.75) is 20.8 Å².